The second kappa shape index (κ2) is 8.73. The second-order valence-corrected chi connectivity index (χ2v) is 7.54. The molecule has 1 aliphatic heterocycles. The van der Waals surface area contributed by atoms with E-state index in [1.54, 1.807) is 0 Å². The lowest BCUT2D eigenvalue weighted by molar-refractivity contribution is -0.134. The standard InChI is InChI=1S/C19H27ClN4O2/c20-15-4-2-5-16(11-15)23-7-9-24(10-8-23)18(25)13-22-19(26)17-6-1-3-14(17)12-21/h2,4-5,11,14,17H,1,3,6-10,12-13,21H2,(H,22,26)/t14-,17-/m1/s1. The largest absolute Gasteiger partial charge is 0.368 e. The van der Waals surface area contributed by atoms with Crippen molar-refractivity contribution in [1.82, 2.24) is 10.2 Å². The molecule has 0 bridgehead atoms. The van der Waals surface area contributed by atoms with Gasteiger partial charge in [0, 0.05) is 42.8 Å². The van der Waals surface area contributed by atoms with Crippen LogP contribution in [0.5, 0.6) is 0 Å². The van der Waals surface area contributed by atoms with Gasteiger partial charge in [-0.05, 0) is 43.5 Å². The van der Waals surface area contributed by atoms with Crippen molar-refractivity contribution in [2.45, 2.75) is 19.3 Å². The molecule has 2 amide bonds. The van der Waals surface area contributed by atoms with Crippen molar-refractivity contribution in [3.05, 3.63) is 29.3 Å². The first-order valence-electron chi connectivity index (χ1n) is 9.34. The van der Waals surface area contributed by atoms with Crippen molar-refractivity contribution in [3.63, 3.8) is 0 Å². The average Bonchev–Trinajstić information content (AvgIpc) is 3.15. The van der Waals surface area contributed by atoms with E-state index in [1.807, 2.05) is 29.2 Å². The Morgan fingerprint density at radius 2 is 1.96 bits per heavy atom. The minimum Gasteiger partial charge on any atom is -0.368 e. The van der Waals surface area contributed by atoms with Crippen molar-refractivity contribution >= 4 is 29.1 Å². The number of piperazine rings is 1. The number of nitrogens with zero attached hydrogens (tertiary/aromatic N) is 2. The van der Waals surface area contributed by atoms with Gasteiger partial charge in [-0.15, -0.1) is 0 Å². The van der Waals surface area contributed by atoms with E-state index in [-0.39, 0.29) is 30.2 Å². The SMILES string of the molecule is NC[C@H]1CCC[C@H]1C(=O)NCC(=O)N1CCN(c2cccc(Cl)c2)CC1. The van der Waals surface area contributed by atoms with E-state index in [0.717, 1.165) is 38.0 Å². The van der Waals surface area contributed by atoms with E-state index in [0.29, 0.717) is 24.7 Å². The Balaban J connectivity index is 1.44. The molecule has 1 saturated carbocycles. The first-order valence-corrected chi connectivity index (χ1v) is 9.72. The Hall–Kier alpha value is -1.79. The Morgan fingerprint density at radius 3 is 2.65 bits per heavy atom. The molecule has 1 aromatic rings. The van der Waals surface area contributed by atoms with Gasteiger partial charge in [-0.3, -0.25) is 9.59 Å². The van der Waals surface area contributed by atoms with Gasteiger partial charge in [-0.2, -0.15) is 0 Å². The van der Waals surface area contributed by atoms with Crippen LogP contribution in [0.2, 0.25) is 5.02 Å². The van der Waals surface area contributed by atoms with Gasteiger partial charge >= 0.3 is 0 Å². The number of rotatable bonds is 5. The topological polar surface area (TPSA) is 78.7 Å². The quantitative estimate of drug-likeness (QED) is 0.813. The van der Waals surface area contributed by atoms with Crippen LogP contribution < -0.4 is 16.0 Å². The molecule has 1 heterocycles. The van der Waals surface area contributed by atoms with Crippen LogP contribution in [0.3, 0.4) is 0 Å². The number of nitrogens with one attached hydrogen (secondary N) is 1. The summed E-state index contributed by atoms with van der Waals surface area (Å²) in [5, 5.41) is 3.53. The lowest BCUT2D eigenvalue weighted by Gasteiger charge is -2.36. The predicted molar refractivity (Wildman–Crippen MR) is 103 cm³/mol. The first kappa shape index (κ1) is 19.0. The lowest BCUT2D eigenvalue weighted by atomic mass is 9.95. The molecule has 2 fully saturated rings. The summed E-state index contributed by atoms with van der Waals surface area (Å²) in [6.07, 6.45) is 2.92. The molecule has 0 aromatic heterocycles. The molecule has 6 nitrogen and oxygen atoms in total. The molecule has 0 radical (unpaired) electrons. The molecule has 3 rings (SSSR count). The number of carbonyl (C=O) groups is 2. The van der Waals surface area contributed by atoms with Crippen molar-refractivity contribution in [3.8, 4) is 0 Å². The Kier molecular flexibility index (Phi) is 6.38. The number of benzene rings is 1. The van der Waals surface area contributed by atoms with E-state index in [4.69, 9.17) is 17.3 Å². The van der Waals surface area contributed by atoms with E-state index < -0.39 is 0 Å². The van der Waals surface area contributed by atoms with E-state index in [1.165, 1.54) is 0 Å². The van der Waals surface area contributed by atoms with E-state index in [2.05, 4.69) is 10.2 Å². The monoisotopic (exact) mass is 378 g/mol. The van der Waals surface area contributed by atoms with Crippen LogP contribution >= 0.6 is 11.6 Å². The van der Waals surface area contributed by atoms with Gasteiger partial charge in [0.25, 0.3) is 0 Å². The summed E-state index contributed by atoms with van der Waals surface area (Å²) in [6.45, 7) is 3.43. The zero-order chi connectivity index (χ0) is 18.5. The summed E-state index contributed by atoms with van der Waals surface area (Å²) in [5.74, 6) is 0.175. The lowest BCUT2D eigenvalue weighted by Crippen LogP contribution is -2.51. The van der Waals surface area contributed by atoms with Gasteiger partial charge < -0.3 is 20.9 Å². The van der Waals surface area contributed by atoms with E-state index in [9.17, 15) is 9.59 Å². The number of carbonyl (C=O) groups excluding carboxylic acids is 2. The maximum absolute atomic E-state index is 12.4. The molecule has 7 heteroatoms. The fraction of sp³-hybridized carbons (Fsp3) is 0.579. The highest BCUT2D eigenvalue weighted by Crippen LogP contribution is 2.30. The van der Waals surface area contributed by atoms with Crippen LogP contribution in [0.4, 0.5) is 5.69 Å². The summed E-state index contributed by atoms with van der Waals surface area (Å²) in [7, 11) is 0. The smallest absolute Gasteiger partial charge is 0.242 e. The van der Waals surface area contributed by atoms with Gasteiger partial charge in [0.2, 0.25) is 11.8 Å². The summed E-state index contributed by atoms with van der Waals surface area (Å²) in [4.78, 5) is 28.8. The molecule has 0 unspecified atom stereocenters. The minimum atomic E-state index is -0.0347. The summed E-state index contributed by atoms with van der Waals surface area (Å²) in [5.41, 5.74) is 6.81. The third-order valence-corrected chi connectivity index (χ3v) is 5.75. The van der Waals surface area contributed by atoms with Crippen LogP contribution in [0.15, 0.2) is 24.3 Å². The van der Waals surface area contributed by atoms with Gasteiger partial charge in [0.05, 0.1) is 6.54 Å². The van der Waals surface area contributed by atoms with Gasteiger partial charge in [-0.25, -0.2) is 0 Å². The van der Waals surface area contributed by atoms with Crippen LogP contribution in [-0.4, -0.2) is 56.0 Å². The molecular formula is C19H27ClN4O2. The molecule has 1 saturated heterocycles. The van der Waals surface area contributed by atoms with Crippen molar-refractivity contribution < 1.29 is 9.59 Å². The van der Waals surface area contributed by atoms with Crippen LogP contribution in [-0.2, 0) is 9.59 Å². The van der Waals surface area contributed by atoms with Crippen molar-refractivity contribution in [1.29, 1.82) is 0 Å². The highest BCUT2D eigenvalue weighted by Gasteiger charge is 2.32. The Morgan fingerprint density at radius 1 is 1.19 bits per heavy atom. The fourth-order valence-electron chi connectivity index (χ4n) is 3.96. The molecule has 3 N–H and O–H groups in total. The first-order chi connectivity index (χ1) is 12.6. The van der Waals surface area contributed by atoms with Crippen molar-refractivity contribution in [2.24, 2.45) is 17.6 Å². The summed E-state index contributed by atoms with van der Waals surface area (Å²) >= 11 is 6.05. The Labute approximate surface area is 159 Å². The summed E-state index contributed by atoms with van der Waals surface area (Å²) < 4.78 is 0. The number of amides is 2. The van der Waals surface area contributed by atoms with Gasteiger partial charge in [0.15, 0.2) is 0 Å². The third-order valence-electron chi connectivity index (χ3n) is 5.52. The number of hydrogen-bond donors (Lipinski definition) is 2. The Bertz CT molecular complexity index is 646. The van der Waals surface area contributed by atoms with Crippen LogP contribution in [0.25, 0.3) is 0 Å². The maximum atomic E-state index is 12.4. The van der Waals surface area contributed by atoms with Crippen LogP contribution in [0, 0.1) is 11.8 Å². The zero-order valence-electron chi connectivity index (χ0n) is 15.0. The summed E-state index contributed by atoms with van der Waals surface area (Å²) in [6, 6.07) is 7.75. The molecule has 142 valence electrons. The molecule has 26 heavy (non-hydrogen) atoms. The second-order valence-electron chi connectivity index (χ2n) is 7.10. The van der Waals surface area contributed by atoms with Gasteiger partial charge in [0.1, 0.15) is 0 Å². The number of halogens is 1. The number of nitrogens with two attached hydrogens (primary N) is 1. The average molecular weight is 379 g/mol. The third kappa shape index (κ3) is 4.48. The predicted octanol–water partition coefficient (Wildman–Crippen LogP) is 1.48. The molecular weight excluding hydrogens is 352 g/mol. The number of hydrogen-bond acceptors (Lipinski definition) is 4. The van der Waals surface area contributed by atoms with Crippen LogP contribution in [0.1, 0.15) is 19.3 Å². The van der Waals surface area contributed by atoms with Crippen molar-refractivity contribution in [2.75, 3.05) is 44.2 Å². The normalized spacial score (nSPS) is 23.2. The fourth-order valence-corrected chi connectivity index (χ4v) is 4.14. The zero-order valence-corrected chi connectivity index (χ0v) is 15.8. The highest BCUT2D eigenvalue weighted by atomic mass is 35.5. The van der Waals surface area contributed by atoms with E-state index >= 15 is 0 Å². The highest BCUT2D eigenvalue weighted by molar-refractivity contribution is 6.30. The molecule has 1 aliphatic carbocycles. The molecule has 1 aromatic carbocycles. The molecule has 0 spiro atoms. The maximum Gasteiger partial charge on any atom is 0.242 e. The van der Waals surface area contributed by atoms with Gasteiger partial charge in [-0.1, -0.05) is 24.1 Å². The molecule has 2 aliphatic rings. The minimum absolute atomic E-state index is 0.0219. The number of anilines is 1. The molecule has 2 atom stereocenters.